The van der Waals surface area contributed by atoms with Crippen LogP contribution < -0.4 is 4.90 Å². The van der Waals surface area contributed by atoms with Gasteiger partial charge in [0.2, 0.25) is 0 Å². The van der Waals surface area contributed by atoms with Gasteiger partial charge in [0.25, 0.3) is 0 Å². The quantitative estimate of drug-likeness (QED) is 0.527. The highest BCUT2D eigenvalue weighted by molar-refractivity contribution is 6.29. The fourth-order valence-corrected chi connectivity index (χ4v) is 1.37. The summed E-state index contributed by atoms with van der Waals surface area (Å²) in [5, 5.41) is 0.319. The van der Waals surface area contributed by atoms with Crippen LogP contribution in [0.25, 0.3) is 0 Å². The molecular formula is C8H8ClN3O. The first-order valence-electron chi connectivity index (χ1n) is 4.04. The van der Waals surface area contributed by atoms with Crippen LogP contribution in [0.2, 0.25) is 5.15 Å². The van der Waals surface area contributed by atoms with Crippen molar-refractivity contribution in [2.24, 2.45) is 0 Å². The van der Waals surface area contributed by atoms with Gasteiger partial charge in [-0.3, -0.25) is 4.79 Å². The van der Waals surface area contributed by atoms with Crippen LogP contribution >= 0.6 is 11.6 Å². The van der Waals surface area contributed by atoms with Gasteiger partial charge in [-0.2, -0.15) is 0 Å². The number of hydrogen-bond acceptors (Lipinski definition) is 4. The van der Waals surface area contributed by atoms with Gasteiger partial charge in [0.15, 0.2) is 12.1 Å². The predicted molar refractivity (Wildman–Crippen MR) is 49.3 cm³/mol. The smallest absolute Gasteiger partial charge is 0.196 e. The zero-order chi connectivity index (χ0) is 9.26. The van der Waals surface area contributed by atoms with Crippen molar-refractivity contribution >= 4 is 23.7 Å². The summed E-state index contributed by atoms with van der Waals surface area (Å²) in [6.07, 6.45) is 1.77. The minimum absolute atomic E-state index is 0.148. The molecule has 13 heavy (non-hydrogen) atoms. The van der Waals surface area contributed by atoms with Gasteiger partial charge >= 0.3 is 0 Å². The Labute approximate surface area is 80.5 Å². The van der Waals surface area contributed by atoms with E-state index in [2.05, 4.69) is 14.9 Å². The molecule has 2 rings (SSSR count). The Hall–Kier alpha value is -1.16. The molecule has 0 amide bonds. The summed E-state index contributed by atoms with van der Waals surface area (Å²) < 4.78 is 0. The summed E-state index contributed by atoms with van der Waals surface area (Å²) in [6, 6.07) is 1.67. The summed E-state index contributed by atoms with van der Waals surface area (Å²) in [4.78, 5) is 20.3. The van der Waals surface area contributed by atoms with Crippen molar-refractivity contribution in [1.29, 1.82) is 0 Å². The molecule has 68 valence electrons. The molecule has 4 nitrogen and oxygen atoms in total. The van der Waals surface area contributed by atoms with Gasteiger partial charge in [-0.05, 0) is 6.42 Å². The van der Waals surface area contributed by atoms with Crippen molar-refractivity contribution in [1.82, 2.24) is 9.97 Å². The standard InChI is InChI=1S/C8H8ClN3O/c9-6-4-8(12-2-1-3-12)11-7(5-13)10-6/h4-5H,1-3H2. The van der Waals surface area contributed by atoms with E-state index in [9.17, 15) is 4.79 Å². The zero-order valence-electron chi connectivity index (χ0n) is 6.90. The topological polar surface area (TPSA) is 46.1 Å². The van der Waals surface area contributed by atoms with Gasteiger partial charge in [-0.1, -0.05) is 11.6 Å². The number of hydrogen-bond donors (Lipinski definition) is 0. The molecule has 1 fully saturated rings. The summed E-state index contributed by atoms with van der Waals surface area (Å²) in [5.74, 6) is 0.891. The Kier molecular flexibility index (Phi) is 2.14. The third-order valence-electron chi connectivity index (χ3n) is 1.98. The van der Waals surface area contributed by atoms with E-state index in [4.69, 9.17) is 11.6 Å². The highest BCUT2D eigenvalue weighted by atomic mass is 35.5. The Morgan fingerprint density at radius 1 is 1.46 bits per heavy atom. The Morgan fingerprint density at radius 3 is 2.77 bits per heavy atom. The number of carbonyl (C=O) groups excluding carboxylic acids is 1. The second kappa shape index (κ2) is 3.30. The van der Waals surface area contributed by atoms with Crippen molar-refractivity contribution in [3.63, 3.8) is 0 Å². The molecule has 5 heteroatoms. The largest absolute Gasteiger partial charge is 0.356 e. The van der Waals surface area contributed by atoms with E-state index >= 15 is 0 Å². The van der Waals surface area contributed by atoms with E-state index in [-0.39, 0.29) is 5.82 Å². The fourth-order valence-electron chi connectivity index (χ4n) is 1.18. The lowest BCUT2D eigenvalue weighted by molar-refractivity contribution is 0.111. The lowest BCUT2D eigenvalue weighted by atomic mass is 10.2. The van der Waals surface area contributed by atoms with Crippen LogP contribution in [0.4, 0.5) is 5.82 Å². The van der Waals surface area contributed by atoms with Crippen molar-refractivity contribution in [2.75, 3.05) is 18.0 Å². The predicted octanol–water partition coefficient (Wildman–Crippen LogP) is 1.15. The molecule has 1 aliphatic rings. The van der Waals surface area contributed by atoms with Crippen LogP contribution in [0.5, 0.6) is 0 Å². The first-order chi connectivity index (χ1) is 6.29. The Bertz CT molecular complexity index is 338. The van der Waals surface area contributed by atoms with E-state index in [0.717, 1.165) is 25.3 Å². The maximum atomic E-state index is 10.4. The van der Waals surface area contributed by atoms with Crippen molar-refractivity contribution in [3.8, 4) is 0 Å². The van der Waals surface area contributed by atoms with Gasteiger partial charge in [0, 0.05) is 19.2 Å². The Balaban J connectivity index is 2.33. The molecule has 0 radical (unpaired) electrons. The highest BCUT2D eigenvalue weighted by Gasteiger charge is 2.16. The molecule has 2 heterocycles. The lowest BCUT2D eigenvalue weighted by Gasteiger charge is -2.31. The van der Waals surface area contributed by atoms with Crippen molar-refractivity contribution < 1.29 is 4.79 Å². The van der Waals surface area contributed by atoms with Crippen LogP contribution in [-0.4, -0.2) is 29.3 Å². The molecule has 0 aromatic carbocycles. The molecular weight excluding hydrogens is 190 g/mol. The second-order valence-corrected chi connectivity index (χ2v) is 3.25. The lowest BCUT2D eigenvalue weighted by Crippen LogP contribution is -2.37. The third-order valence-corrected chi connectivity index (χ3v) is 2.18. The zero-order valence-corrected chi connectivity index (χ0v) is 7.66. The molecule has 1 aromatic rings. The maximum Gasteiger partial charge on any atom is 0.196 e. The van der Waals surface area contributed by atoms with Gasteiger partial charge in [0.05, 0.1) is 0 Å². The first kappa shape index (κ1) is 8.44. The SMILES string of the molecule is O=Cc1nc(Cl)cc(N2CCC2)n1. The highest BCUT2D eigenvalue weighted by Crippen LogP contribution is 2.20. The molecule has 0 aliphatic carbocycles. The molecule has 0 N–H and O–H groups in total. The fraction of sp³-hybridized carbons (Fsp3) is 0.375. The maximum absolute atomic E-state index is 10.4. The molecule has 0 spiro atoms. The number of nitrogens with zero attached hydrogens (tertiary/aromatic N) is 3. The number of carbonyl (C=O) groups is 1. The summed E-state index contributed by atoms with van der Waals surface area (Å²) in [5.41, 5.74) is 0. The number of rotatable bonds is 2. The average molecular weight is 198 g/mol. The second-order valence-electron chi connectivity index (χ2n) is 2.87. The van der Waals surface area contributed by atoms with E-state index < -0.39 is 0 Å². The van der Waals surface area contributed by atoms with E-state index in [1.165, 1.54) is 0 Å². The van der Waals surface area contributed by atoms with Gasteiger partial charge in [-0.15, -0.1) is 0 Å². The van der Waals surface area contributed by atoms with E-state index in [1.807, 2.05) is 0 Å². The molecule has 0 unspecified atom stereocenters. The number of halogens is 1. The normalized spacial score (nSPS) is 15.3. The molecule has 1 saturated heterocycles. The average Bonchev–Trinajstić information content (AvgIpc) is 2.00. The first-order valence-corrected chi connectivity index (χ1v) is 4.42. The molecule has 0 saturated carbocycles. The summed E-state index contributed by atoms with van der Waals surface area (Å²) >= 11 is 5.72. The third kappa shape index (κ3) is 1.62. The van der Waals surface area contributed by atoms with Gasteiger partial charge < -0.3 is 4.90 Å². The minimum atomic E-state index is 0.148. The number of aromatic nitrogens is 2. The van der Waals surface area contributed by atoms with Crippen molar-refractivity contribution in [3.05, 3.63) is 17.0 Å². The van der Waals surface area contributed by atoms with Crippen LogP contribution in [-0.2, 0) is 0 Å². The summed E-state index contributed by atoms with van der Waals surface area (Å²) in [6.45, 7) is 1.96. The van der Waals surface area contributed by atoms with Gasteiger partial charge in [-0.25, -0.2) is 9.97 Å². The van der Waals surface area contributed by atoms with Crippen LogP contribution in [0.3, 0.4) is 0 Å². The van der Waals surface area contributed by atoms with Crippen LogP contribution in [0, 0.1) is 0 Å². The van der Waals surface area contributed by atoms with E-state index in [1.54, 1.807) is 6.07 Å². The summed E-state index contributed by atoms with van der Waals surface area (Å²) in [7, 11) is 0. The Morgan fingerprint density at radius 2 is 2.23 bits per heavy atom. The van der Waals surface area contributed by atoms with Gasteiger partial charge in [0.1, 0.15) is 11.0 Å². The van der Waals surface area contributed by atoms with Crippen molar-refractivity contribution in [2.45, 2.75) is 6.42 Å². The monoisotopic (exact) mass is 197 g/mol. The van der Waals surface area contributed by atoms with Crippen LogP contribution in [0.15, 0.2) is 6.07 Å². The number of aldehydes is 1. The number of anilines is 1. The molecule has 0 atom stereocenters. The molecule has 1 aromatic heterocycles. The minimum Gasteiger partial charge on any atom is -0.356 e. The molecule has 0 bridgehead atoms. The van der Waals surface area contributed by atoms with E-state index in [0.29, 0.717) is 11.4 Å². The van der Waals surface area contributed by atoms with Crippen LogP contribution in [0.1, 0.15) is 17.0 Å². The molecule has 1 aliphatic heterocycles.